The van der Waals surface area contributed by atoms with Gasteiger partial charge < -0.3 is 10.2 Å². The Balaban J connectivity index is 1.62. The lowest BCUT2D eigenvalue weighted by atomic mass is 9.94. The lowest BCUT2D eigenvalue weighted by molar-refractivity contribution is -0.139. The summed E-state index contributed by atoms with van der Waals surface area (Å²) in [5.41, 5.74) is 1.81. The van der Waals surface area contributed by atoms with Crippen LogP contribution in [0.4, 0.5) is 0 Å². The molecule has 0 aliphatic heterocycles. The number of hydrogen-bond acceptors (Lipinski definition) is 3. The lowest BCUT2D eigenvalue weighted by Crippen LogP contribution is -2.53. The second-order valence-electron chi connectivity index (χ2n) is 9.56. The van der Waals surface area contributed by atoms with E-state index in [1.807, 2.05) is 48.5 Å². The van der Waals surface area contributed by atoms with Gasteiger partial charge in [0.25, 0.3) is 0 Å². The minimum atomic E-state index is -0.674. The molecular formula is C30H31Cl3N2O2S. The number of rotatable bonds is 10. The Bertz CT molecular complexity index is 1220. The smallest absolute Gasteiger partial charge is 0.243 e. The van der Waals surface area contributed by atoms with E-state index in [0.717, 1.165) is 41.7 Å². The molecule has 0 bridgehead atoms. The maximum atomic E-state index is 13.8. The Morgan fingerprint density at radius 3 is 2.26 bits per heavy atom. The van der Waals surface area contributed by atoms with Crippen LogP contribution >= 0.6 is 46.6 Å². The summed E-state index contributed by atoms with van der Waals surface area (Å²) in [5.74, 6) is -0.0632. The fourth-order valence-corrected chi connectivity index (χ4v) is 5.92. The van der Waals surface area contributed by atoms with Crippen LogP contribution in [0.3, 0.4) is 0 Å². The normalized spacial score (nSPS) is 14.6. The molecule has 3 aromatic rings. The average Bonchev–Trinajstić information content (AvgIpc) is 2.93. The van der Waals surface area contributed by atoms with E-state index in [2.05, 4.69) is 5.32 Å². The van der Waals surface area contributed by atoms with Crippen LogP contribution < -0.4 is 5.32 Å². The van der Waals surface area contributed by atoms with E-state index in [4.69, 9.17) is 34.8 Å². The first-order valence-electron chi connectivity index (χ1n) is 12.8. The number of benzene rings is 3. The van der Waals surface area contributed by atoms with Gasteiger partial charge in [0.15, 0.2) is 0 Å². The highest BCUT2D eigenvalue weighted by Gasteiger charge is 2.32. The number of halogens is 3. The molecule has 1 aliphatic carbocycles. The van der Waals surface area contributed by atoms with E-state index in [1.54, 1.807) is 29.2 Å². The van der Waals surface area contributed by atoms with Crippen molar-refractivity contribution in [2.24, 2.45) is 0 Å². The molecule has 2 amide bonds. The van der Waals surface area contributed by atoms with Crippen molar-refractivity contribution >= 4 is 58.4 Å². The Hall–Kier alpha value is -2.18. The molecule has 1 fully saturated rings. The molecule has 4 nitrogen and oxygen atoms in total. The van der Waals surface area contributed by atoms with Crippen LogP contribution in [0.1, 0.15) is 43.2 Å². The highest BCUT2D eigenvalue weighted by Crippen LogP contribution is 2.26. The number of thioether (sulfide) groups is 1. The van der Waals surface area contributed by atoms with Crippen LogP contribution in [0.2, 0.25) is 15.1 Å². The van der Waals surface area contributed by atoms with Crippen molar-refractivity contribution in [2.75, 3.05) is 5.75 Å². The highest BCUT2D eigenvalue weighted by molar-refractivity contribution is 8.00. The second kappa shape index (κ2) is 14.3. The molecule has 0 saturated heterocycles. The maximum Gasteiger partial charge on any atom is 0.243 e. The van der Waals surface area contributed by atoms with Gasteiger partial charge >= 0.3 is 0 Å². The summed E-state index contributed by atoms with van der Waals surface area (Å²) >= 11 is 19.9. The third kappa shape index (κ3) is 8.41. The number of nitrogens with zero attached hydrogens (tertiary/aromatic N) is 1. The third-order valence-electron chi connectivity index (χ3n) is 6.74. The fourth-order valence-electron chi connectivity index (χ4n) is 4.69. The summed E-state index contributed by atoms with van der Waals surface area (Å²) in [6.45, 7) is 0.243. The van der Waals surface area contributed by atoms with Gasteiger partial charge in [0, 0.05) is 28.9 Å². The molecule has 1 saturated carbocycles. The van der Waals surface area contributed by atoms with E-state index in [0.29, 0.717) is 21.5 Å². The van der Waals surface area contributed by atoms with Crippen molar-refractivity contribution in [2.45, 2.75) is 62.0 Å². The van der Waals surface area contributed by atoms with Crippen molar-refractivity contribution in [3.8, 4) is 0 Å². The zero-order valence-electron chi connectivity index (χ0n) is 21.0. The Kier molecular flexibility index (Phi) is 10.8. The quantitative estimate of drug-likeness (QED) is 0.245. The van der Waals surface area contributed by atoms with Crippen molar-refractivity contribution < 1.29 is 9.59 Å². The molecule has 1 unspecified atom stereocenters. The van der Waals surface area contributed by atoms with E-state index in [1.165, 1.54) is 18.2 Å². The van der Waals surface area contributed by atoms with Gasteiger partial charge in [0.05, 0.1) is 15.8 Å². The molecule has 0 radical (unpaired) electrons. The molecule has 1 aliphatic rings. The molecule has 0 spiro atoms. The topological polar surface area (TPSA) is 49.4 Å². The van der Waals surface area contributed by atoms with Gasteiger partial charge in [-0.3, -0.25) is 9.59 Å². The number of amides is 2. The van der Waals surface area contributed by atoms with E-state index < -0.39 is 6.04 Å². The predicted molar refractivity (Wildman–Crippen MR) is 158 cm³/mol. The summed E-state index contributed by atoms with van der Waals surface area (Å²) < 4.78 is 0. The van der Waals surface area contributed by atoms with Crippen LogP contribution in [-0.4, -0.2) is 34.6 Å². The number of carbonyl (C=O) groups excluding carboxylic acids is 2. The Labute approximate surface area is 244 Å². The third-order valence-corrected chi connectivity index (χ3v) is 8.72. The molecule has 4 rings (SSSR count). The molecule has 200 valence electrons. The Morgan fingerprint density at radius 2 is 1.58 bits per heavy atom. The molecule has 1 N–H and O–H groups in total. The summed E-state index contributed by atoms with van der Waals surface area (Å²) in [7, 11) is 0. The predicted octanol–water partition coefficient (Wildman–Crippen LogP) is 7.83. The SMILES string of the molecule is O=C(NC1CCCCC1)C(Cc1ccccc1)N(Cc1ccc(Cl)c(Cl)c1)C(=O)CSc1ccc(Cl)cc1. The van der Waals surface area contributed by atoms with Crippen LogP contribution in [-0.2, 0) is 22.6 Å². The van der Waals surface area contributed by atoms with Gasteiger partial charge in [-0.05, 0) is 60.4 Å². The fraction of sp³-hybridized carbons (Fsp3) is 0.333. The molecule has 8 heteroatoms. The van der Waals surface area contributed by atoms with Gasteiger partial charge in [0.2, 0.25) is 11.8 Å². The van der Waals surface area contributed by atoms with Gasteiger partial charge in [-0.1, -0.05) is 90.5 Å². The van der Waals surface area contributed by atoms with Gasteiger partial charge in [-0.25, -0.2) is 0 Å². The Morgan fingerprint density at radius 1 is 0.868 bits per heavy atom. The lowest BCUT2D eigenvalue weighted by Gasteiger charge is -2.33. The molecule has 38 heavy (non-hydrogen) atoms. The maximum absolute atomic E-state index is 13.8. The zero-order valence-corrected chi connectivity index (χ0v) is 24.1. The van der Waals surface area contributed by atoms with Crippen LogP contribution in [0.5, 0.6) is 0 Å². The summed E-state index contributed by atoms with van der Waals surface area (Å²) in [6.07, 6.45) is 5.77. The van der Waals surface area contributed by atoms with Crippen molar-refractivity contribution in [3.05, 3.63) is 99.0 Å². The molecule has 1 atom stereocenters. The zero-order chi connectivity index (χ0) is 26.9. The number of hydrogen-bond donors (Lipinski definition) is 1. The largest absolute Gasteiger partial charge is 0.352 e. The number of nitrogens with one attached hydrogen (secondary N) is 1. The molecule has 0 heterocycles. The minimum Gasteiger partial charge on any atom is -0.352 e. The van der Waals surface area contributed by atoms with Gasteiger partial charge in [-0.2, -0.15) is 0 Å². The first kappa shape index (κ1) is 28.8. The summed E-state index contributed by atoms with van der Waals surface area (Å²) in [4.78, 5) is 30.2. The molecule has 0 aromatic heterocycles. The van der Waals surface area contributed by atoms with Gasteiger partial charge in [-0.15, -0.1) is 11.8 Å². The van der Waals surface area contributed by atoms with E-state index >= 15 is 0 Å². The minimum absolute atomic E-state index is 0.120. The van der Waals surface area contributed by atoms with E-state index in [-0.39, 0.29) is 30.2 Å². The van der Waals surface area contributed by atoms with E-state index in [9.17, 15) is 9.59 Å². The standard InChI is InChI=1S/C30H31Cl3N2O2S/c31-23-12-14-25(15-13-23)38-20-29(36)35(19-22-11-16-26(32)27(33)17-22)28(18-21-7-3-1-4-8-21)30(37)34-24-9-5-2-6-10-24/h1,3-4,7-8,11-17,24,28H,2,5-6,9-10,18-20H2,(H,34,37). The summed E-state index contributed by atoms with van der Waals surface area (Å²) in [5, 5.41) is 4.76. The first-order chi connectivity index (χ1) is 18.4. The van der Waals surface area contributed by atoms with Crippen LogP contribution in [0, 0.1) is 0 Å². The monoisotopic (exact) mass is 588 g/mol. The molecule has 3 aromatic carbocycles. The number of carbonyl (C=O) groups is 2. The summed E-state index contributed by atoms with van der Waals surface area (Å²) in [6, 6.07) is 22.0. The first-order valence-corrected chi connectivity index (χ1v) is 15.0. The van der Waals surface area contributed by atoms with Crippen LogP contribution in [0.25, 0.3) is 0 Å². The second-order valence-corrected chi connectivity index (χ2v) is 11.9. The molecular weight excluding hydrogens is 559 g/mol. The van der Waals surface area contributed by atoms with Crippen molar-refractivity contribution in [1.29, 1.82) is 0 Å². The van der Waals surface area contributed by atoms with Crippen molar-refractivity contribution in [3.63, 3.8) is 0 Å². The highest BCUT2D eigenvalue weighted by atomic mass is 35.5. The van der Waals surface area contributed by atoms with Crippen molar-refractivity contribution in [1.82, 2.24) is 10.2 Å². The average molecular weight is 590 g/mol. The van der Waals surface area contributed by atoms with Gasteiger partial charge in [0.1, 0.15) is 6.04 Å². The van der Waals surface area contributed by atoms with Crippen LogP contribution in [0.15, 0.2) is 77.7 Å².